The molecule has 4 N–H and O–H groups in total. The van der Waals surface area contributed by atoms with Crippen LogP contribution in [0.25, 0.3) is 0 Å². The zero-order chi connectivity index (χ0) is 15.9. The third-order valence-electron chi connectivity index (χ3n) is 3.40. The Morgan fingerprint density at radius 3 is 2.86 bits per heavy atom. The van der Waals surface area contributed by atoms with Crippen LogP contribution in [-0.4, -0.2) is 31.6 Å². The maximum Gasteiger partial charge on any atom is 0.343 e. The van der Waals surface area contributed by atoms with E-state index in [1.54, 1.807) is 16.3 Å². The molecule has 0 aliphatic carbocycles. The summed E-state index contributed by atoms with van der Waals surface area (Å²) in [6.07, 6.45) is 3.71. The van der Waals surface area contributed by atoms with Gasteiger partial charge in [-0.15, -0.1) is 5.10 Å². The standard InChI is InChI=1S/C13H25N5O2S/c1-4-8-18-11(19)15-16-12(18)21-9-6-5-7-13(2,3)10(14)17-20/h20H,4-9H2,1-3H3,(H2,14,17)(H,15,19). The van der Waals surface area contributed by atoms with Crippen molar-refractivity contribution in [2.45, 2.75) is 58.2 Å². The number of oxime groups is 1. The fraction of sp³-hybridized carbons (Fsp3) is 0.769. The lowest BCUT2D eigenvalue weighted by molar-refractivity contribution is 0.304. The Morgan fingerprint density at radius 1 is 1.52 bits per heavy atom. The van der Waals surface area contributed by atoms with Crippen molar-refractivity contribution in [2.24, 2.45) is 16.3 Å². The molecule has 0 saturated carbocycles. The molecule has 0 aromatic carbocycles. The minimum absolute atomic E-state index is 0.146. The molecule has 0 saturated heterocycles. The van der Waals surface area contributed by atoms with Gasteiger partial charge in [0.1, 0.15) is 5.84 Å². The van der Waals surface area contributed by atoms with Gasteiger partial charge in [0.2, 0.25) is 0 Å². The van der Waals surface area contributed by atoms with Crippen LogP contribution in [0.3, 0.4) is 0 Å². The van der Waals surface area contributed by atoms with Crippen molar-refractivity contribution in [2.75, 3.05) is 5.75 Å². The highest BCUT2D eigenvalue weighted by atomic mass is 32.2. The molecule has 120 valence electrons. The Morgan fingerprint density at radius 2 is 2.24 bits per heavy atom. The second-order valence-electron chi connectivity index (χ2n) is 5.64. The van der Waals surface area contributed by atoms with Crippen molar-refractivity contribution < 1.29 is 5.21 Å². The van der Waals surface area contributed by atoms with E-state index in [1.807, 2.05) is 20.8 Å². The number of nitrogens with one attached hydrogen (secondary N) is 1. The summed E-state index contributed by atoms with van der Waals surface area (Å²) in [6, 6.07) is 0. The van der Waals surface area contributed by atoms with Crippen LogP contribution in [0.5, 0.6) is 0 Å². The van der Waals surface area contributed by atoms with Gasteiger partial charge in [-0.3, -0.25) is 4.57 Å². The first-order valence-electron chi connectivity index (χ1n) is 7.18. The Balaban J connectivity index is 2.37. The number of nitrogens with two attached hydrogens (primary N) is 1. The number of rotatable bonds is 9. The summed E-state index contributed by atoms with van der Waals surface area (Å²) in [5.74, 6) is 1.15. The van der Waals surface area contributed by atoms with Gasteiger partial charge in [-0.25, -0.2) is 9.89 Å². The van der Waals surface area contributed by atoms with Gasteiger partial charge < -0.3 is 10.9 Å². The van der Waals surface area contributed by atoms with Gasteiger partial charge >= 0.3 is 5.69 Å². The number of hydrogen-bond donors (Lipinski definition) is 3. The highest BCUT2D eigenvalue weighted by molar-refractivity contribution is 7.99. The third-order valence-corrected chi connectivity index (χ3v) is 4.46. The van der Waals surface area contributed by atoms with Crippen LogP contribution in [-0.2, 0) is 6.54 Å². The molecule has 1 heterocycles. The Bertz CT molecular complexity index is 521. The van der Waals surface area contributed by atoms with E-state index >= 15 is 0 Å². The second kappa shape index (κ2) is 8.11. The van der Waals surface area contributed by atoms with Crippen molar-refractivity contribution in [1.82, 2.24) is 14.8 Å². The van der Waals surface area contributed by atoms with Crippen molar-refractivity contribution >= 4 is 17.6 Å². The summed E-state index contributed by atoms with van der Waals surface area (Å²) >= 11 is 1.58. The Hall–Kier alpha value is -1.44. The molecule has 0 aliphatic heterocycles. The average Bonchev–Trinajstić information content (AvgIpc) is 2.79. The lowest BCUT2D eigenvalue weighted by Gasteiger charge is -2.22. The normalized spacial score (nSPS) is 12.8. The van der Waals surface area contributed by atoms with E-state index in [1.165, 1.54) is 0 Å². The SMILES string of the molecule is CCCn1c(SCCCCC(C)(C)C(N)=NO)n[nH]c1=O. The fourth-order valence-corrected chi connectivity index (χ4v) is 2.90. The number of unbranched alkanes of at least 4 members (excludes halogenated alkanes) is 1. The van der Waals surface area contributed by atoms with Gasteiger partial charge in [-0.2, -0.15) is 0 Å². The molecule has 8 heteroatoms. The van der Waals surface area contributed by atoms with Gasteiger partial charge in [-0.1, -0.05) is 44.1 Å². The van der Waals surface area contributed by atoms with Gasteiger partial charge in [0, 0.05) is 17.7 Å². The molecule has 0 atom stereocenters. The fourth-order valence-electron chi connectivity index (χ4n) is 1.93. The predicted molar refractivity (Wildman–Crippen MR) is 84.9 cm³/mol. The van der Waals surface area contributed by atoms with E-state index in [9.17, 15) is 4.79 Å². The molecule has 1 aromatic rings. The van der Waals surface area contributed by atoms with Crippen LogP contribution in [0.2, 0.25) is 0 Å². The molecular weight excluding hydrogens is 290 g/mol. The van der Waals surface area contributed by atoms with E-state index in [2.05, 4.69) is 15.4 Å². The molecule has 21 heavy (non-hydrogen) atoms. The monoisotopic (exact) mass is 315 g/mol. The molecule has 1 rings (SSSR count). The van der Waals surface area contributed by atoms with Crippen molar-refractivity contribution in [3.63, 3.8) is 0 Å². The molecule has 0 radical (unpaired) electrons. The van der Waals surface area contributed by atoms with Crippen molar-refractivity contribution in [1.29, 1.82) is 0 Å². The van der Waals surface area contributed by atoms with Crippen LogP contribution < -0.4 is 11.4 Å². The Kier molecular flexibility index (Phi) is 6.80. The molecule has 0 amide bonds. The maximum atomic E-state index is 11.5. The number of thioether (sulfide) groups is 1. The van der Waals surface area contributed by atoms with Crippen molar-refractivity contribution in [3.8, 4) is 0 Å². The van der Waals surface area contributed by atoms with Crippen LogP contribution in [0.15, 0.2) is 15.1 Å². The summed E-state index contributed by atoms with van der Waals surface area (Å²) in [7, 11) is 0. The molecule has 0 bridgehead atoms. The molecule has 0 aliphatic rings. The van der Waals surface area contributed by atoms with Crippen LogP contribution in [0.4, 0.5) is 0 Å². The number of hydrogen-bond acceptors (Lipinski definition) is 5. The minimum Gasteiger partial charge on any atom is -0.409 e. The lowest BCUT2D eigenvalue weighted by atomic mass is 9.86. The van der Waals surface area contributed by atoms with E-state index in [-0.39, 0.29) is 16.9 Å². The molecule has 0 fully saturated rings. The van der Waals surface area contributed by atoms with Crippen LogP contribution in [0.1, 0.15) is 46.5 Å². The average molecular weight is 315 g/mol. The van der Waals surface area contributed by atoms with Gasteiger partial charge in [0.25, 0.3) is 0 Å². The van der Waals surface area contributed by atoms with E-state index in [0.29, 0.717) is 6.54 Å². The zero-order valence-electron chi connectivity index (χ0n) is 12.9. The second-order valence-corrected chi connectivity index (χ2v) is 6.70. The predicted octanol–water partition coefficient (Wildman–Crippen LogP) is 2.02. The number of H-pyrrole nitrogens is 1. The highest BCUT2D eigenvalue weighted by Crippen LogP contribution is 2.24. The topological polar surface area (TPSA) is 109 Å². The van der Waals surface area contributed by atoms with E-state index < -0.39 is 0 Å². The maximum absolute atomic E-state index is 11.5. The summed E-state index contributed by atoms with van der Waals surface area (Å²) in [5, 5.41) is 19.1. The molecule has 0 unspecified atom stereocenters. The van der Waals surface area contributed by atoms with Gasteiger partial charge in [0.05, 0.1) is 0 Å². The quantitative estimate of drug-likeness (QED) is 0.161. The molecule has 0 spiro atoms. The van der Waals surface area contributed by atoms with E-state index in [0.717, 1.165) is 36.6 Å². The van der Waals surface area contributed by atoms with Gasteiger partial charge in [-0.05, 0) is 19.3 Å². The largest absolute Gasteiger partial charge is 0.409 e. The number of aromatic nitrogens is 3. The molecule has 1 aromatic heterocycles. The Labute approximate surface area is 129 Å². The third kappa shape index (κ3) is 5.11. The first kappa shape index (κ1) is 17.6. The zero-order valence-corrected chi connectivity index (χ0v) is 13.7. The first-order chi connectivity index (χ1) is 9.92. The minimum atomic E-state index is -0.296. The highest BCUT2D eigenvalue weighted by Gasteiger charge is 2.22. The summed E-state index contributed by atoms with van der Waals surface area (Å²) in [4.78, 5) is 11.5. The van der Waals surface area contributed by atoms with Crippen LogP contribution in [0, 0.1) is 5.41 Å². The summed E-state index contributed by atoms with van der Waals surface area (Å²) < 4.78 is 1.67. The molecule has 7 nitrogen and oxygen atoms in total. The number of amidine groups is 1. The smallest absolute Gasteiger partial charge is 0.343 e. The summed E-state index contributed by atoms with van der Waals surface area (Å²) in [5.41, 5.74) is 5.21. The van der Waals surface area contributed by atoms with Crippen molar-refractivity contribution in [3.05, 3.63) is 10.5 Å². The van der Waals surface area contributed by atoms with Crippen LogP contribution >= 0.6 is 11.8 Å². The first-order valence-corrected chi connectivity index (χ1v) is 8.17. The molecular formula is C13H25N5O2S. The number of nitrogens with zero attached hydrogens (tertiary/aromatic N) is 3. The van der Waals surface area contributed by atoms with E-state index in [4.69, 9.17) is 10.9 Å². The lowest BCUT2D eigenvalue weighted by Crippen LogP contribution is -2.31. The number of aromatic amines is 1. The van der Waals surface area contributed by atoms with Gasteiger partial charge in [0.15, 0.2) is 5.16 Å². The summed E-state index contributed by atoms with van der Waals surface area (Å²) in [6.45, 7) is 6.64.